The molecule has 0 radical (unpaired) electrons. The zero-order valence-electron chi connectivity index (χ0n) is 17.3. The molecule has 3 aromatic rings. The Morgan fingerprint density at radius 3 is 2.68 bits per heavy atom. The van der Waals surface area contributed by atoms with Crippen molar-refractivity contribution in [2.45, 2.75) is 26.2 Å². The first-order chi connectivity index (χ1) is 15.1. The molecule has 4 rings (SSSR count). The van der Waals surface area contributed by atoms with Crippen molar-refractivity contribution >= 4 is 11.0 Å². The molecule has 2 N–H and O–H groups in total. The lowest BCUT2D eigenvalue weighted by atomic mass is 9.83. The third-order valence-electron chi connectivity index (χ3n) is 5.04. The van der Waals surface area contributed by atoms with E-state index < -0.39 is 11.5 Å². The molecule has 1 aromatic heterocycles. The number of nitrogens with zero attached hydrogens (tertiary/aromatic N) is 1. The number of nitrogens with two attached hydrogens (primary N) is 1. The summed E-state index contributed by atoms with van der Waals surface area (Å²) >= 11 is 0. The average molecular weight is 418 g/mol. The van der Waals surface area contributed by atoms with Gasteiger partial charge in [-0.15, -0.1) is 0 Å². The van der Waals surface area contributed by atoms with Gasteiger partial charge in [0.2, 0.25) is 5.88 Å². The largest absolute Gasteiger partial charge is 0.490 e. The minimum absolute atomic E-state index is 0.0416. The normalized spacial score (nSPS) is 15.2. The first-order valence-electron chi connectivity index (χ1n) is 10.1. The SMILES string of the molecule is CCCOc1ccc(C2C(C#N)=C(N)Oc3c2c(=O)oc2ccccc32)cc1OCC. The Hall–Kier alpha value is -3.92. The molecule has 1 aliphatic heterocycles. The minimum Gasteiger partial charge on any atom is -0.490 e. The lowest BCUT2D eigenvalue weighted by molar-refractivity contribution is 0.276. The predicted molar refractivity (Wildman–Crippen MR) is 115 cm³/mol. The van der Waals surface area contributed by atoms with Gasteiger partial charge in [0, 0.05) is 0 Å². The predicted octanol–water partition coefficient (Wildman–Crippen LogP) is 4.20. The van der Waals surface area contributed by atoms with E-state index in [2.05, 4.69) is 6.07 Å². The minimum atomic E-state index is -0.756. The lowest BCUT2D eigenvalue weighted by Crippen LogP contribution is -2.26. The zero-order valence-corrected chi connectivity index (χ0v) is 17.3. The second-order valence-electron chi connectivity index (χ2n) is 7.04. The van der Waals surface area contributed by atoms with Crippen LogP contribution in [0.5, 0.6) is 17.2 Å². The summed E-state index contributed by atoms with van der Waals surface area (Å²) in [5.41, 5.74) is 6.94. The monoisotopic (exact) mass is 418 g/mol. The molecule has 0 saturated heterocycles. The average Bonchev–Trinajstić information content (AvgIpc) is 2.77. The fourth-order valence-corrected chi connectivity index (χ4v) is 3.70. The van der Waals surface area contributed by atoms with Crippen LogP contribution in [0.1, 0.15) is 37.3 Å². The summed E-state index contributed by atoms with van der Waals surface area (Å²) in [5, 5.41) is 10.4. The highest BCUT2D eigenvalue weighted by atomic mass is 16.5. The third-order valence-corrected chi connectivity index (χ3v) is 5.04. The standard InChI is InChI=1S/C24H22N2O5/c1-3-11-29-18-10-9-14(12-19(18)28-4-2)20-16(13-25)23(26)31-22-15-7-5-6-8-17(15)30-24(27)21(20)22/h5-10,12,20H,3-4,11,26H2,1-2H3. The van der Waals surface area contributed by atoms with E-state index in [1.807, 2.05) is 19.9 Å². The summed E-state index contributed by atoms with van der Waals surface area (Å²) in [6.07, 6.45) is 0.854. The molecule has 2 aromatic carbocycles. The number of nitriles is 1. The molecule has 0 aliphatic carbocycles. The Bertz CT molecular complexity index is 1270. The van der Waals surface area contributed by atoms with E-state index in [4.69, 9.17) is 24.4 Å². The molecule has 0 spiro atoms. The molecule has 0 amide bonds. The van der Waals surface area contributed by atoms with Gasteiger partial charge in [-0.2, -0.15) is 5.26 Å². The number of benzene rings is 2. The van der Waals surface area contributed by atoms with Crippen molar-refractivity contribution in [3.8, 4) is 23.3 Å². The lowest BCUT2D eigenvalue weighted by Gasteiger charge is -2.26. The molecular weight excluding hydrogens is 396 g/mol. The first kappa shape index (κ1) is 20.4. The van der Waals surface area contributed by atoms with Gasteiger partial charge in [0.05, 0.1) is 30.1 Å². The van der Waals surface area contributed by atoms with Gasteiger partial charge in [0.25, 0.3) is 0 Å². The van der Waals surface area contributed by atoms with Gasteiger partial charge in [-0.05, 0) is 43.2 Å². The quantitative estimate of drug-likeness (QED) is 0.598. The van der Waals surface area contributed by atoms with E-state index in [0.717, 1.165) is 6.42 Å². The molecule has 7 nitrogen and oxygen atoms in total. The third kappa shape index (κ3) is 3.57. The summed E-state index contributed by atoms with van der Waals surface area (Å²) in [5.74, 6) is 0.634. The molecule has 0 saturated carbocycles. The number of allylic oxidation sites excluding steroid dienone is 1. The van der Waals surface area contributed by atoms with Gasteiger partial charge in [-0.3, -0.25) is 0 Å². The van der Waals surface area contributed by atoms with Crippen LogP contribution < -0.4 is 25.6 Å². The molecular formula is C24H22N2O5. The maximum Gasteiger partial charge on any atom is 0.344 e. The van der Waals surface area contributed by atoms with E-state index in [9.17, 15) is 10.1 Å². The van der Waals surface area contributed by atoms with Crippen molar-refractivity contribution in [3.63, 3.8) is 0 Å². The van der Waals surface area contributed by atoms with E-state index in [1.54, 1.807) is 36.4 Å². The first-order valence-corrected chi connectivity index (χ1v) is 10.1. The van der Waals surface area contributed by atoms with Crippen LogP contribution >= 0.6 is 0 Å². The Morgan fingerprint density at radius 2 is 1.94 bits per heavy atom. The molecule has 158 valence electrons. The number of ether oxygens (including phenoxy) is 3. The number of fused-ring (bicyclic) bond motifs is 3. The fourth-order valence-electron chi connectivity index (χ4n) is 3.70. The van der Waals surface area contributed by atoms with E-state index in [-0.39, 0.29) is 17.0 Å². The Balaban J connectivity index is 1.94. The Kier molecular flexibility index (Phi) is 5.54. The van der Waals surface area contributed by atoms with Crippen LogP contribution in [-0.2, 0) is 0 Å². The zero-order chi connectivity index (χ0) is 22.0. The molecule has 1 aliphatic rings. The summed E-state index contributed by atoms with van der Waals surface area (Å²) in [4.78, 5) is 13.0. The van der Waals surface area contributed by atoms with Crippen molar-refractivity contribution < 1.29 is 18.6 Å². The topological polar surface area (TPSA) is 108 Å². The number of rotatable bonds is 6. The van der Waals surface area contributed by atoms with Crippen molar-refractivity contribution in [1.82, 2.24) is 0 Å². The molecule has 2 heterocycles. The van der Waals surface area contributed by atoms with E-state index >= 15 is 0 Å². The van der Waals surface area contributed by atoms with Crippen LogP contribution in [0.25, 0.3) is 11.0 Å². The van der Waals surface area contributed by atoms with Crippen LogP contribution in [0.4, 0.5) is 0 Å². The summed E-state index contributed by atoms with van der Waals surface area (Å²) in [7, 11) is 0. The van der Waals surface area contributed by atoms with Gasteiger partial charge in [-0.25, -0.2) is 4.79 Å². The molecule has 7 heteroatoms. The van der Waals surface area contributed by atoms with E-state index in [0.29, 0.717) is 47.0 Å². The van der Waals surface area contributed by atoms with Gasteiger partial charge < -0.3 is 24.4 Å². The number of hydrogen-bond acceptors (Lipinski definition) is 7. The fraction of sp³-hybridized carbons (Fsp3) is 0.250. The molecule has 31 heavy (non-hydrogen) atoms. The number of para-hydroxylation sites is 1. The van der Waals surface area contributed by atoms with Crippen LogP contribution in [0.3, 0.4) is 0 Å². The molecule has 1 unspecified atom stereocenters. The second-order valence-corrected chi connectivity index (χ2v) is 7.04. The van der Waals surface area contributed by atoms with Crippen molar-refractivity contribution in [2.24, 2.45) is 5.73 Å². The van der Waals surface area contributed by atoms with Crippen molar-refractivity contribution in [1.29, 1.82) is 5.26 Å². The van der Waals surface area contributed by atoms with Crippen LogP contribution in [0, 0.1) is 11.3 Å². The van der Waals surface area contributed by atoms with Gasteiger partial charge in [-0.1, -0.05) is 25.1 Å². The summed E-state index contributed by atoms with van der Waals surface area (Å²) in [6, 6.07) is 14.5. The Morgan fingerprint density at radius 1 is 1.13 bits per heavy atom. The highest BCUT2D eigenvalue weighted by molar-refractivity contribution is 5.86. The number of hydrogen-bond donors (Lipinski definition) is 1. The van der Waals surface area contributed by atoms with Crippen LogP contribution in [0.15, 0.2) is 63.1 Å². The van der Waals surface area contributed by atoms with Gasteiger partial charge in [0.15, 0.2) is 17.2 Å². The van der Waals surface area contributed by atoms with Gasteiger partial charge >= 0.3 is 5.63 Å². The van der Waals surface area contributed by atoms with Gasteiger partial charge in [0.1, 0.15) is 17.2 Å². The maximum absolute atomic E-state index is 13.0. The van der Waals surface area contributed by atoms with E-state index in [1.165, 1.54) is 0 Å². The molecule has 0 fully saturated rings. The van der Waals surface area contributed by atoms with Crippen LogP contribution in [0.2, 0.25) is 0 Å². The molecule has 1 atom stereocenters. The maximum atomic E-state index is 13.0. The summed E-state index contributed by atoms with van der Waals surface area (Å²) in [6.45, 7) is 4.88. The summed E-state index contributed by atoms with van der Waals surface area (Å²) < 4.78 is 22.8. The van der Waals surface area contributed by atoms with Crippen molar-refractivity contribution in [3.05, 3.63) is 75.5 Å². The highest BCUT2D eigenvalue weighted by Crippen LogP contribution is 2.45. The molecule has 0 bridgehead atoms. The van der Waals surface area contributed by atoms with Crippen molar-refractivity contribution in [2.75, 3.05) is 13.2 Å². The smallest absolute Gasteiger partial charge is 0.344 e. The second kappa shape index (κ2) is 8.44. The van der Waals surface area contributed by atoms with Crippen LogP contribution in [-0.4, -0.2) is 13.2 Å². The highest BCUT2D eigenvalue weighted by Gasteiger charge is 2.35. The Labute approximate surface area is 179 Å².